The molecule has 1 heterocycles. The van der Waals surface area contributed by atoms with Crippen LogP contribution in [0.4, 0.5) is 11.5 Å². The first-order chi connectivity index (χ1) is 11.9. The van der Waals surface area contributed by atoms with Crippen LogP contribution < -0.4 is 10.2 Å². The standard InChI is InChI=1S/C17H19N3O5/c1-11-10-15(19-25-11)20(12(2)21)9-8-16(22)18-14-7-5-4-6-13(14)17(23)24-3/h4-7,10H,8-9H2,1-3H3,(H,18,22). The van der Waals surface area contributed by atoms with Crippen molar-refractivity contribution >= 4 is 29.3 Å². The van der Waals surface area contributed by atoms with Crippen LogP contribution >= 0.6 is 0 Å². The highest BCUT2D eigenvalue weighted by molar-refractivity contribution is 6.01. The smallest absolute Gasteiger partial charge is 0.339 e. The Kier molecular flexibility index (Phi) is 5.89. The Morgan fingerprint density at radius 3 is 2.60 bits per heavy atom. The van der Waals surface area contributed by atoms with Crippen molar-refractivity contribution < 1.29 is 23.6 Å². The number of hydrogen-bond acceptors (Lipinski definition) is 6. The quantitative estimate of drug-likeness (QED) is 0.805. The van der Waals surface area contributed by atoms with Crippen LogP contribution in [0.3, 0.4) is 0 Å². The van der Waals surface area contributed by atoms with Gasteiger partial charge in [-0.05, 0) is 19.1 Å². The van der Waals surface area contributed by atoms with Crippen LogP contribution in [0.25, 0.3) is 0 Å². The minimum absolute atomic E-state index is 0.0288. The molecule has 0 radical (unpaired) electrons. The number of anilines is 2. The lowest BCUT2D eigenvalue weighted by atomic mass is 10.1. The summed E-state index contributed by atoms with van der Waals surface area (Å²) in [6.07, 6.45) is 0.0288. The van der Waals surface area contributed by atoms with Gasteiger partial charge in [0.1, 0.15) is 5.76 Å². The van der Waals surface area contributed by atoms with Crippen molar-refractivity contribution in [1.82, 2.24) is 5.16 Å². The highest BCUT2D eigenvalue weighted by Crippen LogP contribution is 2.17. The molecule has 0 aliphatic rings. The van der Waals surface area contributed by atoms with E-state index in [0.717, 1.165) is 0 Å². The van der Waals surface area contributed by atoms with Gasteiger partial charge in [-0.25, -0.2) is 4.79 Å². The van der Waals surface area contributed by atoms with Crippen LogP contribution in [-0.2, 0) is 14.3 Å². The average Bonchev–Trinajstić information content (AvgIpc) is 3.00. The molecular weight excluding hydrogens is 326 g/mol. The molecule has 0 bridgehead atoms. The summed E-state index contributed by atoms with van der Waals surface area (Å²) in [5.41, 5.74) is 0.611. The Balaban J connectivity index is 2.03. The van der Waals surface area contributed by atoms with Gasteiger partial charge < -0.3 is 14.6 Å². The molecule has 0 saturated heterocycles. The predicted octanol–water partition coefficient (Wildman–Crippen LogP) is 2.15. The second kappa shape index (κ2) is 8.09. The summed E-state index contributed by atoms with van der Waals surface area (Å²) >= 11 is 0. The minimum Gasteiger partial charge on any atom is -0.465 e. The maximum absolute atomic E-state index is 12.2. The van der Waals surface area contributed by atoms with Crippen LogP contribution in [0.15, 0.2) is 34.9 Å². The summed E-state index contributed by atoms with van der Waals surface area (Å²) in [5.74, 6) is -0.219. The maximum atomic E-state index is 12.2. The van der Waals surface area contributed by atoms with Crippen LogP contribution in [0, 0.1) is 6.92 Å². The third-order valence-corrected chi connectivity index (χ3v) is 3.44. The number of rotatable bonds is 6. The monoisotopic (exact) mass is 345 g/mol. The first-order valence-corrected chi connectivity index (χ1v) is 7.61. The highest BCUT2D eigenvalue weighted by atomic mass is 16.5. The Morgan fingerprint density at radius 1 is 1.28 bits per heavy atom. The van der Waals surface area contributed by atoms with E-state index in [1.165, 1.54) is 18.9 Å². The number of carbonyl (C=O) groups is 3. The summed E-state index contributed by atoms with van der Waals surface area (Å²) in [5, 5.41) is 6.44. The molecule has 1 aromatic heterocycles. The van der Waals surface area contributed by atoms with Gasteiger partial charge in [-0.3, -0.25) is 14.5 Å². The fourth-order valence-electron chi connectivity index (χ4n) is 2.22. The summed E-state index contributed by atoms with van der Waals surface area (Å²) in [6, 6.07) is 8.15. The predicted molar refractivity (Wildman–Crippen MR) is 90.3 cm³/mol. The Morgan fingerprint density at radius 2 is 2.00 bits per heavy atom. The topological polar surface area (TPSA) is 102 Å². The first kappa shape index (κ1) is 18.2. The molecule has 0 spiro atoms. The van der Waals surface area contributed by atoms with E-state index < -0.39 is 5.97 Å². The number of esters is 1. The molecule has 0 atom stereocenters. The second-order valence-corrected chi connectivity index (χ2v) is 5.30. The highest BCUT2D eigenvalue weighted by Gasteiger charge is 2.18. The van der Waals surface area contributed by atoms with Crippen molar-refractivity contribution in [1.29, 1.82) is 0 Å². The fourth-order valence-corrected chi connectivity index (χ4v) is 2.22. The zero-order valence-electron chi connectivity index (χ0n) is 14.2. The Labute approximate surface area is 144 Å². The molecule has 2 aromatic rings. The van der Waals surface area contributed by atoms with Gasteiger partial charge in [-0.15, -0.1) is 0 Å². The maximum Gasteiger partial charge on any atom is 0.339 e. The molecule has 1 N–H and O–H groups in total. The van der Waals surface area contributed by atoms with E-state index >= 15 is 0 Å². The van der Waals surface area contributed by atoms with Crippen molar-refractivity contribution in [3.05, 3.63) is 41.7 Å². The van der Waals surface area contributed by atoms with Crippen molar-refractivity contribution in [2.24, 2.45) is 0 Å². The third kappa shape index (κ3) is 4.66. The van der Waals surface area contributed by atoms with E-state index in [2.05, 4.69) is 15.2 Å². The summed E-state index contributed by atoms with van der Waals surface area (Å²) in [7, 11) is 1.27. The van der Waals surface area contributed by atoms with E-state index in [1.54, 1.807) is 37.3 Å². The van der Waals surface area contributed by atoms with Crippen LogP contribution in [0.5, 0.6) is 0 Å². The number of methoxy groups -OCH3 is 1. The number of carbonyl (C=O) groups excluding carboxylic acids is 3. The van der Waals surface area contributed by atoms with Crippen molar-refractivity contribution in [2.45, 2.75) is 20.3 Å². The third-order valence-electron chi connectivity index (χ3n) is 3.44. The Hall–Kier alpha value is -3.16. The lowest BCUT2D eigenvalue weighted by molar-refractivity contribution is -0.117. The normalized spacial score (nSPS) is 10.2. The molecule has 0 saturated carbocycles. The largest absolute Gasteiger partial charge is 0.465 e. The van der Waals surface area contributed by atoms with E-state index in [4.69, 9.17) is 4.52 Å². The number of aryl methyl sites for hydroxylation is 1. The van der Waals surface area contributed by atoms with Crippen molar-refractivity contribution in [3.8, 4) is 0 Å². The average molecular weight is 345 g/mol. The summed E-state index contributed by atoms with van der Waals surface area (Å²) in [4.78, 5) is 37.0. The van der Waals surface area contributed by atoms with E-state index in [-0.39, 0.29) is 30.3 Å². The molecule has 8 nitrogen and oxygen atoms in total. The van der Waals surface area contributed by atoms with Gasteiger partial charge in [0.25, 0.3) is 0 Å². The molecule has 0 aliphatic heterocycles. The van der Waals surface area contributed by atoms with Crippen LogP contribution in [-0.4, -0.2) is 36.6 Å². The number of hydrogen-bond donors (Lipinski definition) is 1. The lowest BCUT2D eigenvalue weighted by Gasteiger charge is -2.17. The number of amides is 2. The molecular formula is C17H19N3O5. The van der Waals surface area contributed by atoms with Gasteiger partial charge >= 0.3 is 5.97 Å². The molecule has 8 heteroatoms. The van der Waals surface area contributed by atoms with E-state index in [1.807, 2.05) is 0 Å². The number of ether oxygens (including phenoxy) is 1. The molecule has 132 valence electrons. The summed E-state index contributed by atoms with van der Waals surface area (Å²) < 4.78 is 9.64. The van der Waals surface area contributed by atoms with Crippen molar-refractivity contribution in [2.75, 3.05) is 23.9 Å². The fraction of sp³-hybridized carbons (Fsp3) is 0.294. The zero-order valence-corrected chi connectivity index (χ0v) is 14.2. The second-order valence-electron chi connectivity index (χ2n) is 5.30. The molecule has 0 aliphatic carbocycles. The molecule has 2 amide bonds. The minimum atomic E-state index is -0.542. The lowest BCUT2D eigenvalue weighted by Crippen LogP contribution is -2.32. The molecule has 2 rings (SSSR count). The van der Waals surface area contributed by atoms with Gasteiger partial charge in [-0.1, -0.05) is 17.3 Å². The number of para-hydroxylation sites is 1. The van der Waals surface area contributed by atoms with Crippen LogP contribution in [0.1, 0.15) is 29.5 Å². The van der Waals surface area contributed by atoms with Gasteiger partial charge in [0, 0.05) is 26.0 Å². The van der Waals surface area contributed by atoms with Gasteiger partial charge in [0.05, 0.1) is 18.4 Å². The van der Waals surface area contributed by atoms with Gasteiger partial charge in [-0.2, -0.15) is 0 Å². The number of aromatic nitrogens is 1. The molecule has 0 unspecified atom stereocenters. The Bertz CT molecular complexity index is 784. The number of nitrogens with zero attached hydrogens (tertiary/aromatic N) is 2. The van der Waals surface area contributed by atoms with Crippen molar-refractivity contribution in [3.63, 3.8) is 0 Å². The van der Waals surface area contributed by atoms with E-state index in [9.17, 15) is 14.4 Å². The molecule has 0 fully saturated rings. The molecule has 1 aromatic carbocycles. The number of nitrogens with one attached hydrogen (secondary N) is 1. The zero-order chi connectivity index (χ0) is 18.4. The number of benzene rings is 1. The van der Waals surface area contributed by atoms with E-state index in [0.29, 0.717) is 17.3 Å². The van der Waals surface area contributed by atoms with Gasteiger partial charge in [0.15, 0.2) is 5.82 Å². The van der Waals surface area contributed by atoms with Crippen LogP contribution in [0.2, 0.25) is 0 Å². The van der Waals surface area contributed by atoms with Gasteiger partial charge in [0.2, 0.25) is 11.8 Å². The molecule has 25 heavy (non-hydrogen) atoms. The SMILES string of the molecule is COC(=O)c1ccccc1NC(=O)CCN(C(C)=O)c1cc(C)on1. The summed E-state index contributed by atoms with van der Waals surface area (Å²) in [6.45, 7) is 3.23. The first-order valence-electron chi connectivity index (χ1n) is 7.61.